The van der Waals surface area contributed by atoms with Crippen molar-refractivity contribution in [2.75, 3.05) is 12.1 Å². The number of nitro benzene ring substituents is 2. The van der Waals surface area contributed by atoms with Crippen molar-refractivity contribution in [3.05, 3.63) is 67.8 Å². The van der Waals surface area contributed by atoms with E-state index in [1.54, 1.807) is 6.92 Å². The minimum Gasteiger partial charge on any atom is -0.454 e. The SMILES string of the molecule is Cc1ccc([N+](=O)[O-])cc1NC(=O)/C=C/c1cc2c(cc1[N+](=O)[O-])OCO2. The van der Waals surface area contributed by atoms with Crippen LogP contribution in [0.4, 0.5) is 17.1 Å². The van der Waals surface area contributed by atoms with Crippen molar-refractivity contribution in [2.24, 2.45) is 0 Å². The van der Waals surface area contributed by atoms with E-state index in [-0.39, 0.29) is 35.2 Å². The molecule has 1 amide bonds. The van der Waals surface area contributed by atoms with Gasteiger partial charge in [0.1, 0.15) is 0 Å². The van der Waals surface area contributed by atoms with Gasteiger partial charge in [0.05, 0.1) is 27.2 Å². The first-order valence-electron chi connectivity index (χ1n) is 7.67. The van der Waals surface area contributed by atoms with Crippen molar-refractivity contribution in [2.45, 2.75) is 6.92 Å². The van der Waals surface area contributed by atoms with E-state index in [1.807, 2.05) is 0 Å². The summed E-state index contributed by atoms with van der Waals surface area (Å²) in [4.78, 5) is 33.0. The number of amides is 1. The van der Waals surface area contributed by atoms with Crippen LogP contribution in [0.3, 0.4) is 0 Å². The third-order valence-corrected chi connectivity index (χ3v) is 3.82. The van der Waals surface area contributed by atoms with Gasteiger partial charge in [0.2, 0.25) is 12.7 Å². The predicted molar refractivity (Wildman–Crippen MR) is 94.7 cm³/mol. The van der Waals surface area contributed by atoms with Gasteiger partial charge in [-0.15, -0.1) is 0 Å². The van der Waals surface area contributed by atoms with Crippen LogP contribution in [0.25, 0.3) is 6.08 Å². The van der Waals surface area contributed by atoms with Crippen molar-refractivity contribution < 1.29 is 24.1 Å². The Labute approximate surface area is 152 Å². The zero-order chi connectivity index (χ0) is 19.6. The van der Waals surface area contributed by atoms with E-state index in [0.717, 1.165) is 6.08 Å². The number of benzene rings is 2. The van der Waals surface area contributed by atoms with Crippen LogP contribution in [0.1, 0.15) is 11.1 Å². The van der Waals surface area contributed by atoms with Crippen molar-refractivity contribution in [3.63, 3.8) is 0 Å². The predicted octanol–water partition coefficient (Wildman–Crippen LogP) is 3.19. The highest BCUT2D eigenvalue weighted by atomic mass is 16.7. The highest BCUT2D eigenvalue weighted by Crippen LogP contribution is 2.38. The minimum atomic E-state index is -0.593. The van der Waals surface area contributed by atoms with E-state index >= 15 is 0 Å². The van der Waals surface area contributed by atoms with Gasteiger partial charge in [0.15, 0.2) is 11.5 Å². The number of anilines is 1. The number of aryl methyl sites for hydroxylation is 1. The molecule has 0 aliphatic carbocycles. The molecule has 0 unspecified atom stereocenters. The molecule has 0 aromatic heterocycles. The first kappa shape index (κ1) is 17.9. The molecule has 138 valence electrons. The van der Waals surface area contributed by atoms with Crippen molar-refractivity contribution in [3.8, 4) is 11.5 Å². The fraction of sp³-hybridized carbons (Fsp3) is 0.118. The first-order chi connectivity index (χ1) is 12.8. The topological polar surface area (TPSA) is 134 Å². The average Bonchev–Trinajstić information content (AvgIpc) is 3.08. The Morgan fingerprint density at radius 2 is 1.81 bits per heavy atom. The molecule has 10 heteroatoms. The maximum absolute atomic E-state index is 12.1. The van der Waals surface area contributed by atoms with E-state index in [2.05, 4.69) is 5.32 Å². The number of nitrogens with one attached hydrogen (secondary N) is 1. The highest BCUT2D eigenvalue weighted by Gasteiger charge is 2.22. The molecular formula is C17H13N3O7. The van der Waals surface area contributed by atoms with Gasteiger partial charge in [-0.3, -0.25) is 25.0 Å². The maximum atomic E-state index is 12.1. The summed E-state index contributed by atoms with van der Waals surface area (Å²) >= 11 is 0. The molecule has 1 N–H and O–H groups in total. The van der Waals surface area contributed by atoms with Gasteiger partial charge in [-0.2, -0.15) is 0 Å². The summed E-state index contributed by atoms with van der Waals surface area (Å²) in [5.74, 6) is 0.0104. The van der Waals surface area contributed by atoms with E-state index in [0.29, 0.717) is 11.3 Å². The molecule has 10 nitrogen and oxygen atoms in total. The van der Waals surface area contributed by atoms with E-state index in [9.17, 15) is 25.0 Å². The van der Waals surface area contributed by atoms with Gasteiger partial charge in [-0.1, -0.05) is 6.07 Å². The Kier molecular flexibility index (Phi) is 4.71. The second-order valence-corrected chi connectivity index (χ2v) is 5.60. The van der Waals surface area contributed by atoms with E-state index < -0.39 is 15.8 Å². The molecule has 0 saturated carbocycles. The largest absolute Gasteiger partial charge is 0.454 e. The van der Waals surface area contributed by atoms with Gasteiger partial charge in [0.25, 0.3) is 11.4 Å². The molecule has 3 rings (SSSR count). The lowest BCUT2D eigenvalue weighted by molar-refractivity contribution is -0.385. The summed E-state index contributed by atoms with van der Waals surface area (Å²) in [6.07, 6.45) is 2.37. The van der Waals surface area contributed by atoms with Crippen LogP contribution >= 0.6 is 0 Å². The van der Waals surface area contributed by atoms with Crippen LogP contribution in [0.5, 0.6) is 11.5 Å². The molecule has 2 aromatic rings. The molecule has 1 aliphatic rings. The van der Waals surface area contributed by atoms with Crippen LogP contribution in [0.15, 0.2) is 36.4 Å². The van der Waals surface area contributed by atoms with Crippen molar-refractivity contribution in [1.29, 1.82) is 0 Å². The molecule has 0 atom stereocenters. The first-order valence-corrected chi connectivity index (χ1v) is 7.67. The summed E-state index contributed by atoms with van der Waals surface area (Å²) in [6, 6.07) is 6.72. The Hall–Kier alpha value is -3.95. The molecule has 0 saturated heterocycles. The molecule has 2 aromatic carbocycles. The number of non-ortho nitro benzene ring substituents is 1. The third kappa shape index (κ3) is 3.84. The summed E-state index contributed by atoms with van der Waals surface area (Å²) in [5, 5.41) is 24.6. The molecule has 1 aliphatic heterocycles. The standard InChI is InChI=1S/C17H13N3O7/c1-10-2-4-12(19(22)23)7-13(10)18-17(21)5-3-11-6-15-16(27-9-26-15)8-14(11)20(24)25/h2-8H,9H2,1H3,(H,18,21)/b5-3+. The van der Waals surface area contributed by atoms with Gasteiger partial charge >= 0.3 is 0 Å². The fourth-order valence-electron chi connectivity index (χ4n) is 2.44. The fourth-order valence-corrected chi connectivity index (χ4v) is 2.44. The lowest BCUT2D eigenvalue weighted by Gasteiger charge is -2.06. The number of ether oxygens (including phenoxy) is 2. The number of nitrogens with zero attached hydrogens (tertiary/aromatic N) is 2. The minimum absolute atomic E-state index is 0.0355. The number of nitro groups is 2. The van der Waals surface area contributed by atoms with Crippen LogP contribution in [-0.2, 0) is 4.79 Å². The molecule has 0 radical (unpaired) electrons. The normalized spacial score (nSPS) is 12.2. The van der Waals surface area contributed by atoms with Gasteiger partial charge in [-0.25, -0.2) is 0 Å². The van der Waals surface area contributed by atoms with E-state index in [4.69, 9.17) is 9.47 Å². The van der Waals surface area contributed by atoms with Crippen LogP contribution < -0.4 is 14.8 Å². The quantitative estimate of drug-likeness (QED) is 0.484. The smallest absolute Gasteiger partial charge is 0.280 e. The van der Waals surface area contributed by atoms with E-state index in [1.165, 1.54) is 36.4 Å². The maximum Gasteiger partial charge on any atom is 0.280 e. The second kappa shape index (κ2) is 7.12. The molecule has 1 heterocycles. The van der Waals surface area contributed by atoms with Crippen molar-refractivity contribution >= 4 is 29.0 Å². The lowest BCUT2D eigenvalue weighted by atomic mass is 10.1. The Morgan fingerprint density at radius 3 is 2.48 bits per heavy atom. The zero-order valence-electron chi connectivity index (χ0n) is 14.0. The summed E-state index contributed by atoms with van der Waals surface area (Å²) in [5.41, 5.74) is 0.673. The monoisotopic (exact) mass is 371 g/mol. The Bertz CT molecular complexity index is 985. The number of carbonyl (C=O) groups excluding carboxylic acids is 1. The second-order valence-electron chi connectivity index (χ2n) is 5.60. The van der Waals surface area contributed by atoms with Gasteiger partial charge in [-0.05, 0) is 24.6 Å². The average molecular weight is 371 g/mol. The molecule has 0 fully saturated rings. The van der Waals surface area contributed by atoms with Crippen LogP contribution in [-0.4, -0.2) is 22.5 Å². The molecule has 27 heavy (non-hydrogen) atoms. The number of fused-ring (bicyclic) bond motifs is 1. The number of rotatable bonds is 5. The number of hydrogen-bond acceptors (Lipinski definition) is 7. The highest BCUT2D eigenvalue weighted by molar-refractivity contribution is 6.02. The third-order valence-electron chi connectivity index (χ3n) is 3.82. The number of carbonyl (C=O) groups is 1. The van der Waals surface area contributed by atoms with Gasteiger partial charge < -0.3 is 14.8 Å². The molecular weight excluding hydrogens is 358 g/mol. The zero-order valence-corrected chi connectivity index (χ0v) is 14.0. The molecule has 0 bridgehead atoms. The van der Waals surface area contributed by atoms with Crippen LogP contribution in [0, 0.1) is 27.2 Å². The Morgan fingerprint density at radius 1 is 1.11 bits per heavy atom. The molecule has 0 spiro atoms. The van der Waals surface area contributed by atoms with Crippen LogP contribution in [0.2, 0.25) is 0 Å². The summed E-state index contributed by atoms with van der Waals surface area (Å²) < 4.78 is 10.3. The van der Waals surface area contributed by atoms with Crippen molar-refractivity contribution in [1.82, 2.24) is 0 Å². The van der Waals surface area contributed by atoms with Gasteiger partial charge in [0, 0.05) is 18.2 Å². The summed E-state index contributed by atoms with van der Waals surface area (Å²) in [7, 11) is 0. The lowest BCUT2D eigenvalue weighted by Crippen LogP contribution is -2.09. The number of hydrogen-bond donors (Lipinski definition) is 1. The summed E-state index contributed by atoms with van der Waals surface area (Å²) in [6.45, 7) is 1.65. The Balaban J connectivity index is 1.83.